The second-order valence-electron chi connectivity index (χ2n) is 4.81. The third-order valence-corrected chi connectivity index (χ3v) is 3.57. The molecule has 1 aliphatic rings. The lowest BCUT2D eigenvalue weighted by Crippen LogP contribution is -2.32. The van der Waals surface area contributed by atoms with E-state index < -0.39 is 12.0 Å². The maximum Gasteiger partial charge on any atom is 0.325 e. The van der Waals surface area contributed by atoms with Gasteiger partial charge in [0.1, 0.15) is 6.04 Å². The number of nitrogens with zero attached hydrogens (tertiary/aromatic N) is 1. The van der Waals surface area contributed by atoms with E-state index in [9.17, 15) is 9.90 Å². The topological polar surface area (TPSA) is 60.8 Å². The molecule has 2 unspecified atom stereocenters. The van der Waals surface area contributed by atoms with E-state index in [0.717, 1.165) is 31.5 Å². The van der Waals surface area contributed by atoms with Gasteiger partial charge in [0.25, 0.3) is 0 Å². The highest BCUT2D eigenvalue weighted by Crippen LogP contribution is 2.29. The highest BCUT2D eigenvalue weighted by molar-refractivity contribution is 5.75. The van der Waals surface area contributed by atoms with Crippen LogP contribution >= 0.6 is 0 Å². The van der Waals surface area contributed by atoms with Gasteiger partial charge in [0.15, 0.2) is 0 Å². The summed E-state index contributed by atoms with van der Waals surface area (Å²) >= 11 is 0. The van der Waals surface area contributed by atoms with E-state index in [4.69, 9.17) is 5.11 Å². The molecule has 0 saturated carbocycles. The molecule has 0 aromatic heterocycles. The minimum atomic E-state index is -0.800. The number of benzene rings is 1. The molecule has 2 N–H and O–H groups in total. The third-order valence-electron chi connectivity index (χ3n) is 3.57. The van der Waals surface area contributed by atoms with E-state index in [0.29, 0.717) is 5.92 Å². The zero-order chi connectivity index (χ0) is 13.0. The van der Waals surface area contributed by atoms with Gasteiger partial charge in [-0.1, -0.05) is 30.3 Å². The fourth-order valence-corrected chi connectivity index (χ4v) is 2.66. The summed E-state index contributed by atoms with van der Waals surface area (Å²) in [5, 5.41) is 18.4. The van der Waals surface area contributed by atoms with Crippen LogP contribution in [0.2, 0.25) is 0 Å². The molecule has 4 nitrogen and oxygen atoms in total. The molecule has 98 valence electrons. The molecule has 0 bridgehead atoms. The van der Waals surface area contributed by atoms with Crippen LogP contribution in [0.25, 0.3) is 0 Å². The van der Waals surface area contributed by atoms with Crippen molar-refractivity contribution in [1.82, 2.24) is 4.90 Å². The predicted molar refractivity (Wildman–Crippen MR) is 68.2 cm³/mol. The van der Waals surface area contributed by atoms with Gasteiger partial charge in [-0.15, -0.1) is 0 Å². The molecule has 0 aliphatic carbocycles. The number of aliphatic hydroxyl groups excluding tert-OH is 1. The van der Waals surface area contributed by atoms with E-state index in [1.807, 2.05) is 35.2 Å². The molecule has 1 aromatic rings. The maximum absolute atomic E-state index is 11.5. The Hall–Kier alpha value is -1.39. The minimum Gasteiger partial charge on any atom is -0.480 e. The Morgan fingerprint density at radius 3 is 2.72 bits per heavy atom. The highest BCUT2D eigenvalue weighted by Gasteiger charge is 2.32. The lowest BCUT2D eigenvalue weighted by Gasteiger charge is -2.24. The molecule has 0 radical (unpaired) electrons. The van der Waals surface area contributed by atoms with Crippen molar-refractivity contribution in [3.63, 3.8) is 0 Å². The number of carbonyl (C=O) groups is 1. The highest BCUT2D eigenvalue weighted by atomic mass is 16.4. The first-order chi connectivity index (χ1) is 8.72. The van der Waals surface area contributed by atoms with Crippen molar-refractivity contribution in [2.24, 2.45) is 5.92 Å². The Morgan fingerprint density at radius 2 is 2.11 bits per heavy atom. The van der Waals surface area contributed by atoms with Crippen LogP contribution in [0.5, 0.6) is 0 Å². The average Bonchev–Trinajstić information content (AvgIpc) is 2.79. The first kappa shape index (κ1) is 13.1. The summed E-state index contributed by atoms with van der Waals surface area (Å²) in [7, 11) is 0. The maximum atomic E-state index is 11.5. The van der Waals surface area contributed by atoms with Crippen LogP contribution in [0.1, 0.15) is 24.4 Å². The fraction of sp³-hybridized carbons (Fsp3) is 0.500. The molecule has 1 aliphatic heterocycles. The normalized spacial score (nSPS) is 21.9. The summed E-state index contributed by atoms with van der Waals surface area (Å²) in [6.07, 6.45) is 1.73. The molecular formula is C14H19NO3. The van der Waals surface area contributed by atoms with Gasteiger partial charge in [-0.25, -0.2) is 0 Å². The standard InChI is InChI=1S/C14H19NO3/c16-9-7-11-6-8-15(10-11)13(14(17)18)12-4-2-1-3-5-12/h1-5,11,13,16H,6-10H2,(H,17,18). The van der Waals surface area contributed by atoms with Crippen molar-refractivity contribution in [2.75, 3.05) is 19.7 Å². The number of likely N-dealkylation sites (tertiary alicyclic amines) is 1. The second-order valence-corrected chi connectivity index (χ2v) is 4.81. The first-order valence-electron chi connectivity index (χ1n) is 6.35. The third kappa shape index (κ3) is 2.89. The average molecular weight is 249 g/mol. The predicted octanol–water partition coefficient (Wildman–Crippen LogP) is 1.52. The van der Waals surface area contributed by atoms with Gasteiger partial charge in [0.05, 0.1) is 0 Å². The van der Waals surface area contributed by atoms with E-state index >= 15 is 0 Å². The fourth-order valence-electron chi connectivity index (χ4n) is 2.66. The minimum absolute atomic E-state index is 0.182. The van der Waals surface area contributed by atoms with Crippen molar-refractivity contribution >= 4 is 5.97 Å². The number of carboxylic acid groups (broad SMARTS) is 1. The Morgan fingerprint density at radius 1 is 1.39 bits per heavy atom. The molecule has 4 heteroatoms. The second kappa shape index (κ2) is 5.98. The molecule has 1 heterocycles. The number of rotatable bonds is 5. The monoisotopic (exact) mass is 249 g/mol. The molecule has 1 saturated heterocycles. The number of hydrogen-bond acceptors (Lipinski definition) is 3. The van der Waals surface area contributed by atoms with Crippen molar-refractivity contribution < 1.29 is 15.0 Å². The number of aliphatic carboxylic acids is 1. The van der Waals surface area contributed by atoms with Gasteiger partial charge in [0.2, 0.25) is 0 Å². The molecular weight excluding hydrogens is 230 g/mol. The SMILES string of the molecule is O=C(O)C(c1ccccc1)N1CCC(CCO)C1. The van der Waals surface area contributed by atoms with Crippen LogP contribution in [-0.4, -0.2) is 40.8 Å². The summed E-state index contributed by atoms with van der Waals surface area (Å²) in [6.45, 7) is 1.73. The van der Waals surface area contributed by atoms with Crippen LogP contribution in [-0.2, 0) is 4.79 Å². The van der Waals surface area contributed by atoms with Crippen LogP contribution in [0.4, 0.5) is 0 Å². The largest absolute Gasteiger partial charge is 0.480 e. The quantitative estimate of drug-likeness (QED) is 0.830. The number of aliphatic hydroxyl groups is 1. The zero-order valence-electron chi connectivity index (χ0n) is 10.3. The van der Waals surface area contributed by atoms with E-state index in [-0.39, 0.29) is 6.61 Å². The van der Waals surface area contributed by atoms with Crippen LogP contribution < -0.4 is 0 Å². The Bertz CT molecular complexity index is 393. The van der Waals surface area contributed by atoms with Crippen LogP contribution in [0.3, 0.4) is 0 Å². The summed E-state index contributed by atoms with van der Waals surface area (Å²) < 4.78 is 0. The lowest BCUT2D eigenvalue weighted by molar-refractivity contribution is -0.143. The smallest absolute Gasteiger partial charge is 0.325 e. The number of hydrogen-bond donors (Lipinski definition) is 2. The summed E-state index contributed by atoms with van der Waals surface area (Å²) in [4.78, 5) is 13.5. The summed E-state index contributed by atoms with van der Waals surface area (Å²) in [5.41, 5.74) is 0.828. The Balaban J connectivity index is 2.11. The van der Waals surface area contributed by atoms with E-state index in [2.05, 4.69) is 0 Å². The Labute approximate surface area is 107 Å². The van der Waals surface area contributed by atoms with Crippen molar-refractivity contribution in [1.29, 1.82) is 0 Å². The molecule has 18 heavy (non-hydrogen) atoms. The number of carboxylic acids is 1. The van der Waals surface area contributed by atoms with E-state index in [1.165, 1.54) is 0 Å². The van der Waals surface area contributed by atoms with Gasteiger partial charge in [-0.2, -0.15) is 0 Å². The lowest BCUT2D eigenvalue weighted by atomic mass is 10.0. The van der Waals surface area contributed by atoms with Crippen LogP contribution in [0, 0.1) is 5.92 Å². The van der Waals surface area contributed by atoms with Crippen molar-refractivity contribution in [2.45, 2.75) is 18.9 Å². The van der Waals surface area contributed by atoms with Crippen molar-refractivity contribution in [3.8, 4) is 0 Å². The van der Waals surface area contributed by atoms with Gasteiger partial charge < -0.3 is 10.2 Å². The molecule has 1 fully saturated rings. The van der Waals surface area contributed by atoms with Gasteiger partial charge in [-0.05, 0) is 30.9 Å². The molecule has 2 rings (SSSR count). The van der Waals surface area contributed by atoms with Crippen molar-refractivity contribution in [3.05, 3.63) is 35.9 Å². The van der Waals surface area contributed by atoms with Gasteiger partial charge >= 0.3 is 5.97 Å². The summed E-state index contributed by atoms with van der Waals surface area (Å²) in [5.74, 6) is -0.383. The van der Waals surface area contributed by atoms with E-state index in [1.54, 1.807) is 0 Å². The van der Waals surface area contributed by atoms with Gasteiger partial charge in [-0.3, -0.25) is 9.69 Å². The molecule has 2 atom stereocenters. The van der Waals surface area contributed by atoms with Gasteiger partial charge in [0, 0.05) is 13.2 Å². The zero-order valence-corrected chi connectivity index (χ0v) is 10.3. The van der Waals surface area contributed by atoms with Crippen LogP contribution in [0.15, 0.2) is 30.3 Å². The molecule has 0 spiro atoms. The molecule has 1 aromatic carbocycles. The Kier molecular flexibility index (Phi) is 4.33. The first-order valence-corrected chi connectivity index (χ1v) is 6.35. The summed E-state index contributed by atoms with van der Waals surface area (Å²) in [6, 6.07) is 8.78. The molecule has 0 amide bonds.